The maximum atomic E-state index is 12.3. The van der Waals surface area contributed by atoms with Crippen LogP contribution in [0.1, 0.15) is 38.3 Å². The Morgan fingerprint density at radius 2 is 2.26 bits per heavy atom. The third kappa shape index (κ3) is 5.27. The number of amides is 1. The van der Waals surface area contributed by atoms with E-state index in [2.05, 4.69) is 15.9 Å². The first-order valence-corrected chi connectivity index (χ1v) is 9.45. The van der Waals surface area contributed by atoms with Gasteiger partial charge in [-0.15, -0.1) is 0 Å². The first kappa shape index (κ1) is 19.3. The molecule has 0 saturated carbocycles. The van der Waals surface area contributed by atoms with Crippen LogP contribution in [0.3, 0.4) is 0 Å². The van der Waals surface area contributed by atoms with Crippen molar-refractivity contribution in [3.8, 4) is 10.9 Å². The standard InChI is InChI=1S/C19H23N3O4S/c1-5-16-20-17(27-21-16)25-14-8-6-7-13(11-14)15-12-22(9-10-24-15)18(23)26-19(2,3)4/h5-8,11,15H,1,9-10,12H2,2-4H3/t15-/m0/s1. The Labute approximate surface area is 162 Å². The van der Waals surface area contributed by atoms with Gasteiger partial charge in [0.15, 0.2) is 5.82 Å². The van der Waals surface area contributed by atoms with Crippen molar-refractivity contribution >= 4 is 23.7 Å². The summed E-state index contributed by atoms with van der Waals surface area (Å²) in [7, 11) is 0. The van der Waals surface area contributed by atoms with E-state index in [-0.39, 0.29) is 12.2 Å². The van der Waals surface area contributed by atoms with Gasteiger partial charge in [-0.25, -0.2) is 4.79 Å². The lowest BCUT2D eigenvalue weighted by atomic mass is 10.1. The largest absolute Gasteiger partial charge is 0.444 e. The Morgan fingerprint density at radius 3 is 2.96 bits per heavy atom. The topological polar surface area (TPSA) is 73.8 Å². The van der Waals surface area contributed by atoms with Crippen LogP contribution < -0.4 is 4.74 Å². The summed E-state index contributed by atoms with van der Waals surface area (Å²) in [6.45, 7) is 10.6. The minimum atomic E-state index is -0.523. The highest BCUT2D eigenvalue weighted by Gasteiger charge is 2.29. The van der Waals surface area contributed by atoms with E-state index in [0.717, 1.165) is 17.1 Å². The zero-order valence-electron chi connectivity index (χ0n) is 15.7. The summed E-state index contributed by atoms with van der Waals surface area (Å²) in [5, 5.41) is 0.446. The number of carbonyl (C=O) groups excluding carboxylic acids is 1. The van der Waals surface area contributed by atoms with Crippen molar-refractivity contribution in [3.05, 3.63) is 42.2 Å². The highest BCUT2D eigenvalue weighted by atomic mass is 32.1. The first-order chi connectivity index (χ1) is 12.8. The van der Waals surface area contributed by atoms with Crippen LogP contribution >= 0.6 is 11.5 Å². The van der Waals surface area contributed by atoms with Crippen molar-refractivity contribution in [2.75, 3.05) is 19.7 Å². The second-order valence-corrected chi connectivity index (χ2v) is 7.80. The van der Waals surface area contributed by atoms with Gasteiger partial charge in [0.25, 0.3) is 5.19 Å². The van der Waals surface area contributed by atoms with Gasteiger partial charge in [0.05, 0.1) is 13.2 Å². The van der Waals surface area contributed by atoms with E-state index >= 15 is 0 Å². The summed E-state index contributed by atoms with van der Waals surface area (Å²) in [5.41, 5.74) is 0.402. The number of morpholine rings is 1. The number of benzene rings is 1. The van der Waals surface area contributed by atoms with E-state index in [0.29, 0.717) is 36.5 Å². The van der Waals surface area contributed by atoms with Crippen LogP contribution in [-0.4, -0.2) is 45.6 Å². The minimum Gasteiger partial charge on any atom is -0.444 e. The highest BCUT2D eigenvalue weighted by Crippen LogP contribution is 2.29. The fraction of sp³-hybridized carbons (Fsp3) is 0.421. The average Bonchev–Trinajstić information content (AvgIpc) is 3.08. The molecule has 1 aliphatic heterocycles. The molecule has 1 aliphatic rings. The van der Waals surface area contributed by atoms with Gasteiger partial charge < -0.3 is 19.1 Å². The Kier molecular flexibility index (Phi) is 5.76. The van der Waals surface area contributed by atoms with E-state index in [1.807, 2.05) is 45.0 Å². The number of ether oxygens (including phenoxy) is 3. The van der Waals surface area contributed by atoms with E-state index in [1.54, 1.807) is 11.0 Å². The zero-order valence-corrected chi connectivity index (χ0v) is 16.5. The van der Waals surface area contributed by atoms with Crippen LogP contribution in [0, 0.1) is 0 Å². The van der Waals surface area contributed by atoms with Crippen molar-refractivity contribution in [1.82, 2.24) is 14.3 Å². The lowest BCUT2D eigenvalue weighted by Crippen LogP contribution is -2.44. The van der Waals surface area contributed by atoms with Crippen molar-refractivity contribution in [3.63, 3.8) is 0 Å². The normalized spacial score (nSPS) is 17.4. The first-order valence-electron chi connectivity index (χ1n) is 8.67. The third-order valence-electron chi connectivity index (χ3n) is 3.76. The molecule has 1 atom stereocenters. The molecule has 1 saturated heterocycles. The fourth-order valence-electron chi connectivity index (χ4n) is 2.57. The number of hydrogen-bond acceptors (Lipinski definition) is 7. The molecule has 7 nitrogen and oxygen atoms in total. The second kappa shape index (κ2) is 8.06. The van der Waals surface area contributed by atoms with Gasteiger partial charge in [0.2, 0.25) is 0 Å². The van der Waals surface area contributed by atoms with Crippen molar-refractivity contribution < 1.29 is 19.0 Å². The molecule has 2 aromatic rings. The van der Waals surface area contributed by atoms with Gasteiger partial charge in [0.1, 0.15) is 17.5 Å². The molecule has 1 amide bonds. The number of rotatable bonds is 4. The quantitative estimate of drug-likeness (QED) is 0.777. The smallest absolute Gasteiger partial charge is 0.410 e. The Hall–Kier alpha value is -2.45. The molecular weight excluding hydrogens is 366 g/mol. The fourth-order valence-corrected chi connectivity index (χ4v) is 3.12. The van der Waals surface area contributed by atoms with Crippen LogP contribution in [0.25, 0.3) is 6.08 Å². The van der Waals surface area contributed by atoms with Crippen LogP contribution in [0.2, 0.25) is 0 Å². The summed E-state index contributed by atoms with van der Waals surface area (Å²) in [5.74, 6) is 1.17. The molecule has 0 unspecified atom stereocenters. The van der Waals surface area contributed by atoms with E-state index in [9.17, 15) is 4.79 Å². The molecule has 0 bridgehead atoms. The molecule has 0 spiro atoms. The van der Waals surface area contributed by atoms with Gasteiger partial charge in [-0.3, -0.25) is 0 Å². The van der Waals surface area contributed by atoms with Crippen molar-refractivity contribution in [1.29, 1.82) is 0 Å². The van der Waals surface area contributed by atoms with E-state index in [1.165, 1.54) is 0 Å². The molecule has 8 heteroatoms. The second-order valence-electron chi connectivity index (χ2n) is 7.08. The molecule has 2 heterocycles. The molecular formula is C19H23N3O4S. The molecule has 1 fully saturated rings. The Balaban J connectivity index is 1.68. The summed E-state index contributed by atoms with van der Waals surface area (Å²) >= 11 is 1.16. The van der Waals surface area contributed by atoms with E-state index in [4.69, 9.17) is 14.2 Å². The summed E-state index contributed by atoms with van der Waals surface area (Å²) in [6, 6.07) is 7.56. The molecule has 0 aliphatic carbocycles. The lowest BCUT2D eigenvalue weighted by Gasteiger charge is -2.34. The SMILES string of the molecule is C=Cc1nsc(Oc2cccc([C@@H]3CN(C(=O)OC(C)(C)C)CCO3)c2)n1. The number of carbonyl (C=O) groups is 1. The third-order valence-corrected chi connectivity index (χ3v) is 4.37. The predicted octanol–water partition coefficient (Wildman–Crippen LogP) is 4.28. The van der Waals surface area contributed by atoms with Crippen molar-refractivity contribution in [2.24, 2.45) is 0 Å². The summed E-state index contributed by atoms with van der Waals surface area (Å²) in [6.07, 6.45) is 1.00. The molecule has 27 heavy (non-hydrogen) atoms. The van der Waals surface area contributed by atoms with E-state index < -0.39 is 5.60 Å². The summed E-state index contributed by atoms with van der Waals surface area (Å²) < 4.78 is 21.2. The zero-order chi connectivity index (χ0) is 19.4. The highest BCUT2D eigenvalue weighted by molar-refractivity contribution is 7.07. The van der Waals surface area contributed by atoms with Crippen molar-refractivity contribution in [2.45, 2.75) is 32.5 Å². The molecule has 1 aromatic carbocycles. The van der Waals surface area contributed by atoms with Gasteiger partial charge >= 0.3 is 6.09 Å². The van der Waals surface area contributed by atoms with Gasteiger partial charge in [-0.2, -0.15) is 9.36 Å². The van der Waals surface area contributed by atoms with Gasteiger partial charge in [0, 0.05) is 18.1 Å². The lowest BCUT2D eigenvalue weighted by molar-refractivity contribution is -0.0433. The number of nitrogens with zero attached hydrogens (tertiary/aromatic N) is 3. The molecule has 0 radical (unpaired) electrons. The molecule has 1 aromatic heterocycles. The van der Waals surface area contributed by atoms with Crippen LogP contribution in [0.5, 0.6) is 10.9 Å². The molecule has 3 rings (SSSR count). The number of aromatic nitrogens is 2. The minimum absolute atomic E-state index is 0.243. The average molecular weight is 389 g/mol. The van der Waals surface area contributed by atoms with Gasteiger partial charge in [-0.05, 0) is 44.5 Å². The Bertz CT molecular complexity index is 815. The Morgan fingerprint density at radius 1 is 1.44 bits per heavy atom. The van der Waals surface area contributed by atoms with Crippen LogP contribution in [-0.2, 0) is 9.47 Å². The predicted molar refractivity (Wildman–Crippen MR) is 103 cm³/mol. The van der Waals surface area contributed by atoms with Gasteiger partial charge in [-0.1, -0.05) is 18.7 Å². The monoisotopic (exact) mass is 389 g/mol. The molecule has 0 N–H and O–H groups in total. The van der Waals surface area contributed by atoms with Crippen LogP contribution in [0.4, 0.5) is 4.79 Å². The maximum Gasteiger partial charge on any atom is 0.410 e. The molecule has 144 valence electrons. The maximum absolute atomic E-state index is 12.3. The summed E-state index contributed by atoms with van der Waals surface area (Å²) in [4.78, 5) is 18.2. The van der Waals surface area contributed by atoms with Crippen LogP contribution in [0.15, 0.2) is 30.8 Å². The number of hydrogen-bond donors (Lipinski definition) is 0.